The van der Waals surface area contributed by atoms with Gasteiger partial charge >= 0.3 is 0 Å². The van der Waals surface area contributed by atoms with Gasteiger partial charge in [-0.3, -0.25) is 0 Å². The number of imidazole rings is 1. The van der Waals surface area contributed by atoms with Crippen LogP contribution in [0.5, 0.6) is 0 Å². The average molecular weight is 126 g/mol. The molecule has 0 saturated carbocycles. The molecule has 0 radical (unpaired) electrons. The Kier molecular flexibility index (Phi) is 1.34. The molecule has 9 heavy (non-hydrogen) atoms. The van der Waals surface area contributed by atoms with Gasteiger partial charge in [-0.1, -0.05) is 13.2 Å². The Morgan fingerprint density at radius 1 is 1.67 bits per heavy atom. The summed E-state index contributed by atoms with van der Waals surface area (Å²) in [6, 6.07) is 0. The van der Waals surface area contributed by atoms with Gasteiger partial charge in [0.1, 0.15) is 0 Å². The summed E-state index contributed by atoms with van der Waals surface area (Å²) in [5, 5.41) is 1.07. The van der Waals surface area contributed by atoms with Gasteiger partial charge in [0, 0.05) is 0 Å². The zero-order valence-corrected chi connectivity index (χ0v) is 4.97. The van der Waals surface area contributed by atoms with Crippen molar-refractivity contribution in [3.8, 4) is 0 Å². The largest absolute Gasteiger partial charge is 0.302 e. The molecule has 1 aromatic heterocycles. The van der Waals surface area contributed by atoms with Crippen molar-refractivity contribution in [2.24, 2.45) is 0 Å². The highest BCUT2D eigenvalue weighted by molar-refractivity contribution is 5.03. The van der Waals surface area contributed by atoms with Gasteiger partial charge < -0.3 is 4.57 Å². The van der Waals surface area contributed by atoms with Crippen molar-refractivity contribution in [1.29, 1.82) is 0 Å². The molecule has 0 aliphatic carbocycles. The minimum Gasteiger partial charge on any atom is -0.302 e. The first-order valence-corrected chi connectivity index (χ1v) is 2.50. The first kappa shape index (κ1) is 6.01. The summed E-state index contributed by atoms with van der Waals surface area (Å²) in [6.45, 7) is 6.49. The quantitative estimate of drug-likeness (QED) is 0.502. The van der Waals surface area contributed by atoms with Gasteiger partial charge in [0.05, 0.1) is 17.0 Å². The number of halogens is 1. The normalized spacial score (nSPS) is 9.89. The molecule has 0 aliphatic rings. The third-order valence-electron chi connectivity index (χ3n) is 1.16. The molecule has 0 fully saturated rings. The van der Waals surface area contributed by atoms with Crippen LogP contribution in [0.3, 0.4) is 0 Å². The fourth-order valence-electron chi connectivity index (χ4n) is 0.552. The van der Waals surface area contributed by atoms with Crippen LogP contribution >= 0.6 is 0 Å². The van der Waals surface area contributed by atoms with Crippen molar-refractivity contribution < 1.29 is 4.39 Å². The lowest BCUT2D eigenvalue weighted by atomic mass is 10.6. The molecule has 0 bridgehead atoms. The van der Waals surface area contributed by atoms with Crippen LogP contribution in [0.2, 0.25) is 0 Å². The topological polar surface area (TPSA) is 17.8 Å². The Morgan fingerprint density at radius 3 is 2.56 bits per heavy atom. The summed E-state index contributed by atoms with van der Waals surface area (Å²) in [6.07, 6.45) is 1.38. The van der Waals surface area contributed by atoms with E-state index < -0.39 is 6.80 Å². The first-order valence-electron chi connectivity index (χ1n) is 2.50. The van der Waals surface area contributed by atoms with Crippen LogP contribution in [0.15, 0.2) is 6.33 Å². The summed E-state index contributed by atoms with van der Waals surface area (Å²) in [4.78, 5) is 3.74. The number of hydrogen-bond donors (Lipinski definition) is 0. The van der Waals surface area contributed by atoms with Crippen LogP contribution < -0.4 is 10.7 Å². The average Bonchev–Trinajstić information content (AvgIpc) is 2.15. The highest BCUT2D eigenvalue weighted by Gasteiger charge is 1.88. The molecule has 0 aromatic carbocycles. The maximum atomic E-state index is 11.9. The van der Waals surface area contributed by atoms with E-state index in [-0.39, 0.29) is 0 Å². The van der Waals surface area contributed by atoms with Crippen molar-refractivity contribution in [2.75, 3.05) is 0 Å². The fourth-order valence-corrected chi connectivity index (χ4v) is 0.552. The van der Waals surface area contributed by atoms with E-state index in [1.165, 1.54) is 10.9 Å². The molecular weight excluding hydrogens is 119 g/mol. The van der Waals surface area contributed by atoms with E-state index in [4.69, 9.17) is 0 Å². The van der Waals surface area contributed by atoms with Gasteiger partial charge in [-0.05, 0) is 0 Å². The van der Waals surface area contributed by atoms with E-state index in [1.807, 2.05) is 0 Å². The molecular formula is C6H7FN2. The van der Waals surface area contributed by atoms with Crippen LogP contribution in [-0.4, -0.2) is 9.55 Å². The van der Waals surface area contributed by atoms with Crippen molar-refractivity contribution in [1.82, 2.24) is 9.55 Å². The maximum Gasteiger partial charge on any atom is 0.166 e. The number of aromatic nitrogens is 2. The predicted molar refractivity (Wildman–Crippen MR) is 33.6 cm³/mol. The van der Waals surface area contributed by atoms with E-state index in [1.54, 1.807) is 0 Å². The molecule has 2 nitrogen and oxygen atoms in total. The van der Waals surface area contributed by atoms with E-state index in [0.717, 1.165) is 0 Å². The molecule has 48 valence electrons. The van der Waals surface area contributed by atoms with E-state index in [2.05, 4.69) is 18.1 Å². The summed E-state index contributed by atoms with van der Waals surface area (Å²) in [7, 11) is 0. The molecule has 1 aromatic rings. The summed E-state index contributed by atoms with van der Waals surface area (Å²) in [5.74, 6) is 0. The second-order valence-corrected chi connectivity index (χ2v) is 1.73. The van der Waals surface area contributed by atoms with Crippen LogP contribution in [0.25, 0.3) is 13.2 Å². The molecule has 1 rings (SSSR count). The van der Waals surface area contributed by atoms with Crippen molar-refractivity contribution >= 4 is 13.2 Å². The lowest BCUT2D eigenvalue weighted by Crippen LogP contribution is -2.26. The summed E-state index contributed by atoms with van der Waals surface area (Å²) in [5.41, 5.74) is 0. The zero-order chi connectivity index (χ0) is 6.85. The van der Waals surface area contributed by atoms with Crippen molar-refractivity contribution in [3.63, 3.8) is 0 Å². The molecule has 0 aliphatic heterocycles. The fraction of sp³-hybridized carbons (Fsp3) is 0.167. The third-order valence-corrected chi connectivity index (χ3v) is 1.16. The Labute approximate surface area is 52.0 Å². The van der Waals surface area contributed by atoms with Gasteiger partial charge in [-0.25, -0.2) is 9.37 Å². The second-order valence-electron chi connectivity index (χ2n) is 1.73. The van der Waals surface area contributed by atoms with Crippen LogP contribution in [0.4, 0.5) is 4.39 Å². The Hall–Kier alpha value is -1.12. The third kappa shape index (κ3) is 0.850. The molecule has 0 amide bonds. The van der Waals surface area contributed by atoms with Gasteiger partial charge in [0.25, 0.3) is 0 Å². The molecule has 1 heterocycles. The van der Waals surface area contributed by atoms with Gasteiger partial charge in [0.15, 0.2) is 6.80 Å². The summed E-state index contributed by atoms with van der Waals surface area (Å²) >= 11 is 0. The Bertz CT molecular complexity index is 288. The Balaban J connectivity index is 3.37. The smallest absolute Gasteiger partial charge is 0.166 e. The van der Waals surface area contributed by atoms with Crippen LogP contribution in [-0.2, 0) is 6.80 Å². The van der Waals surface area contributed by atoms with Crippen molar-refractivity contribution in [3.05, 3.63) is 17.0 Å². The molecule has 0 N–H and O–H groups in total. The molecule has 0 atom stereocenters. The van der Waals surface area contributed by atoms with E-state index in [9.17, 15) is 4.39 Å². The number of nitrogens with zero attached hydrogens (tertiary/aromatic N) is 2. The first-order chi connectivity index (χ1) is 4.25. The minimum atomic E-state index is -0.582. The van der Waals surface area contributed by atoms with Crippen LogP contribution in [0, 0.1) is 0 Å². The second kappa shape index (κ2) is 2.01. The van der Waals surface area contributed by atoms with Gasteiger partial charge in [-0.15, -0.1) is 0 Å². The molecule has 0 unspecified atom stereocenters. The van der Waals surface area contributed by atoms with Gasteiger partial charge in [0.2, 0.25) is 0 Å². The SMILES string of the molecule is C=c1ncn(CF)c1=C. The lowest BCUT2D eigenvalue weighted by Gasteiger charge is -1.87. The minimum absolute atomic E-state index is 0.535. The van der Waals surface area contributed by atoms with Crippen molar-refractivity contribution in [2.45, 2.75) is 6.80 Å². The predicted octanol–water partition coefficient (Wildman–Crippen LogP) is -0.369. The van der Waals surface area contributed by atoms with Crippen LogP contribution in [0.1, 0.15) is 0 Å². The lowest BCUT2D eigenvalue weighted by molar-refractivity contribution is 0.371. The number of hydrogen-bond acceptors (Lipinski definition) is 1. The standard InChI is InChI=1S/C6H7FN2/c1-5-6(2)9(3-7)4-8-5/h4H,1-3H2. The van der Waals surface area contributed by atoms with E-state index >= 15 is 0 Å². The molecule has 0 saturated heterocycles. The maximum absolute atomic E-state index is 11.9. The highest BCUT2D eigenvalue weighted by Crippen LogP contribution is 1.72. The molecule has 3 heteroatoms. The molecule has 0 spiro atoms. The summed E-state index contributed by atoms with van der Waals surface area (Å²) < 4.78 is 13.1. The Morgan fingerprint density at radius 2 is 2.33 bits per heavy atom. The number of rotatable bonds is 1. The number of alkyl halides is 1. The zero-order valence-electron chi connectivity index (χ0n) is 4.97. The monoisotopic (exact) mass is 126 g/mol. The highest BCUT2D eigenvalue weighted by atomic mass is 19.1. The van der Waals surface area contributed by atoms with E-state index in [0.29, 0.717) is 10.7 Å². The van der Waals surface area contributed by atoms with Gasteiger partial charge in [-0.2, -0.15) is 0 Å².